The Labute approximate surface area is 207 Å². The fraction of sp³-hybridized carbons (Fsp3) is 0.308. The lowest BCUT2D eigenvalue weighted by molar-refractivity contribution is -0.122. The molecule has 0 radical (unpaired) electrons. The number of ether oxygens (including phenoxy) is 1. The van der Waals surface area contributed by atoms with E-state index in [1.807, 2.05) is 0 Å². The second-order valence-electron chi connectivity index (χ2n) is 9.30. The van der Waals surface area contributed by atoms with Crippen LogP contribution in [0.15, 0.2) is 54.9 Å². The number of nitrogens with one attached hydrogen (secondary N) is 2. The van der Waals surface area contributed by atoms with Crippen molar-refractivity contribution in [1.29, 1.82) is 0 Å². The van der Waals surface area contributed by atoms with Crippen LogP contribution >= 0.6 is 0 Å². The second-order valence-corrected chi connectivity index (χ2v) is 9.30. The molecule has 1 saturated heterocycles. The standard InChI is InChI=1S/C26H27FN6O3/c1-26(2,35)21-4-3-5-22(31-21)33-15-20(27)19-14-28-25(32-23(19)33)30-18-8-6-17(7-9-18)29-24(34)16-10-12-36-13-11-16/h3-9,14-16,35H,10-13H2,1-2H3,(H,29,34)(H,28,30,32). The second kappa shape index (κ2) is 9.63. The van der Waals surface area contributed by atoms with E-state index in [4.69, 9.17) is 4.74 Å². The van der Waals surface area contributed by atoms with Crippen LogP contribution in [0.25, 0.3) is 16.9 Å². The minimum atomic E-state index is -1.14. The molecule has 0 saturated carbocycles. The van der Waals surface area contributed by atoms with Crippen molar-refractivity contribution in [3.63, 3.8) is 0 Å². The molecule has 1 fully saturated rings. The third-order valence-electron chi connectivity index (χ3n) is 6.11. The minimum absolute atomic E-state index is 0.00199. The number of amides is 1. The Bertz CT molecular complexity index is 1390. The molecule has 5 rings (SSSR count). The molecule has 0 spiro atoms. The summed E-state index contributed by atoms with van der Waals surface area (Å²) in [6.07, 6.45) is 4.17. The molecular weight excluding hydrogens is 463 g/mol. The van der Waals surface area contributed by atoms with Gasteiger partial charge in [-0.25, -0.2) is 14.4 Å². The summed E-state index contributed by atoms with van der Waals surface area (Å²) < 4.78 is 21.5. The molecule has 4 heterocycles. The van der Waals surface area contributed by atoms with Gasteiger partial charge in [0.05, 0.1) is 11.1 Å². The number of halogens is 1. The number of aliphatic hydroxyl groups is 1. The van der Waals surface area contributed by atoms with Crippen molar-refractivity contribution < 1.29 is 19.0 Å². The van der Waals surface area contributed by atoms with Crippen LogP contribution in [-0.4, -0.2) is 43.7 Å². The number of carbonyl (C=O) groups is 1. The average molecular weight is 491 g/mol. The van der Waals surface area contributed by atoms with E-state index in [9.17, 15) is 14.3 Å². The van der Waals surface area contributed by atoms with Gasteiger partial charge in [-0.05, 0) is 63.1 Å². The first-order valence-electron chi connectivity index (χ1n) is 11.8. The predicted molar refractivity (Wildman–Crippen MR) is 134 cm³/mol. The third kappa shape index (κ3) is 5.05. The van der Waals surface area contributed by atoms with E-state index in [1.54, 1.807) is 56.3 Å². The van der Waals surface area contributed by atoms with Gasteiger partial charge in [0.15, 0.2) is 11.5 Å². The molecule has 0 atom stereocenters. The number of hydrogen-bond acceptors (Lipinski definition) is 7. The number of hydrogen-bond donors (Lipinski definition) is 3. The maximum Gasteiger partial charge on any atom is 0.229 e. The van der Waals surface area contributed by atoms with Crippen molar-refractivity contribution in [3.05, 3.63) is 66.4 Å². The van der Waals surface area contributed by atoms with Gasteiger partial charge in [0.25, 0.3) is 0 Å². The lowest BCUT2D eigenvalue weighted by atomic mass is 9.99. The van der Waals surface area contributed by atoms with E-state index in [0.29, 0.717) is 41.7 Å². The van der Waals surface area contributed by atoms with Gasteiger partial charge in [-0.3, -0.25) is 9.36 Å². The van der Waals surface area contributed by atoms with Gasteiger partial charge in [-0.1, -0.05) is 6.07 Å². The molecule has 4 aromatic rings. The lowest BCUT2D eigenvalue weighted by Gasteiger charge is -2.21. The Morgan fingerprint density at radius 2 is 1.83 bits per heavy atom. The van der Waals surface area contributed by atoms with Gasteiger partial charge in [-0.2, -0.15) is 4.98 Å². The quantitative estimate of drug-likeness (QED) is 0.369. The summed E-state index contributed by atoms with van der Waals surface area (Å²) in [6.45, 7) is 4.50. The number of anilines is 3. The molecule has 1 aliphatic rings. The van der Waals surface area contributed by atoms with Gasteiger partial charge in [0.2, 0.25) is 11.9 Å². The van der Waals surface area contributed by atoms with Crippen LogP contribution < -0.4 is 10.6 Å². The Morgan fingerprint density at radius 3 is 2.56 bits per heavy atom. The molecule has 0 aliphatic carbocycles. The molecule has 1 aliphatic heterocycles. The molecule has 186 valence electrons. The van der Waals surface area contributed by atoms with Crippen molar-refractivity contribution in [2.75, 3.05) is 23.8 Å². The maximum absolute atomic E-state index is 14.6. The van der Waals surface area contributed by atoms with Gasteiger partial charge >= 0.3 is 0 Å². The molecule has 9 nitrogen and oxygen atoms in total. The van der Waals surface area contributed by atoms with Crippen molar-refractivity contribution >= 4 is 34.3 Å². The number of rotatable bonds is 6. The molecular formula is C26H27FN6O3. The highest BCUT2D eigenvalue weighted by Gasteiger charge is 2.22. The Balaban J connectivity index is 1.35. The fourth-order valence-corrected chi connectivity index (χ4v) is 4.07. The molecule has 36 heavy (non-hydrogen) atoms. The largest absolute Gasteiger partial charge is 0.384 e. The van der Waals surface area contributed by atoms with Crippen LogP contribution in [0.3, 0.4) is 0 Å². The van der Waals surface area contributed by atoms with Gasteiger partial charge in [0.1, 0.15) is 11.4 Å². The van der Waals surface area contributed by atoms with E-state index in [0.717, 1.165) is 12.8 Å². The summed E-state index contributed by atoms with van der Waals surface area (Å²) in [7, 11) is 0. The summed E-state index contributed by atoms with van der Waals surface area (Å²) in [6, 6.07) is 12.4. The molecule has 10 heteroatoms. The number of aromatic nitrogens is 4. The van der Waals surface area contributed by atoms with E-state index >= 15 is 0 Å². The fourth-order valence-electron chi connectivity index (χ4n) is 4.07. The third-order valence-corrected chi connectivity index (χ3v) is 6.11. The highest BCUT2D eigenvalue weighted by atomic mass is 19.1. The van der Waals surface area contributed by atoms with Crippen LogP contribution in [0.2, 0.25) is 0 Å². The van der Waals surface area contributed by atoms with Crippen molar-refractivity contribution in [3.8, 4) is 5.82 Å². The van der Waals surface area contributed by atoms with E-state index in [1.165, 1.54) is 17.0 Å². The first-order chi connectivity index (χ1) is 17.3. The van der Waals surface area contributed by atoms with Crippen LogP contribution in [0, 0.1) is 11.7 Å². The van der Waals surface area contributed by atoms with Crippen LogP contribution in [-0.2, 0) is 15.1 Å². The van der Waals surface area contributed by atoms with Gasteiger partial charge < -0.3 is 20.5 Å². The molecule has 1 amide bonds. The van der Waals surface area contributed by atoms with Crippen LogP contribution in [0.5, 0.6) is 0 Å². The summed E-state index contributed by atoms with van der Waals surface area (Å²) in [5.41, 5.74) is 1.06. The van der Waals surface area contributed by atoms with Gasteiger partial charge in [0, 0.05) is 42.9 Å². The highest BCUT2D eigenvalue weighted by molar-refractivity contribution is 5.92. The number of fused-ring (bicyclic) bond motifs is 1. The average Bonchev–Trinajstić information content (AvgIpc) is 3.21. The molecule has 3 N–H and O–H groups in total. The van der Waals surface area contributed by atoms with Crippen molar-refractivity contribution in [1.82, 2.24) is 19.5 Å². The van der Waals surface area contributed by atoms with Crippen molar-refractivity contribution in [2.45, 2.75) is 32.3 Å². The summed E-state index contributed by atoms with van der Waals surface area (Å²) in [4.78, 5) is 25.7. The first-order valence-corrected chi connectivity index (χ1v) is 11.8. The zero-order chi connectivity index (χ0) is 25.3. The Kier molecular flexibility index (Phi) is 6.38. The zero-order valence-electron chi connectivity index (χ0n) is 20.0. The first kappa shape index (κ1) is 23.8. The van der Waals surface area contributed by atoms with Gasteiger partial charge in [-0.15, -0.1) is 0 Å². The van der Waals surface area contributed by atoms with E-state index in [2.05, 4.69) is 25.6 Å². The number of benzene rings is 1. The van der Waals surface area contributed by atoms with E-state index in [-0.39, 0.29) is 23.2 Å². The highest BCUT2D eigenvalue weighted by Crippen LogP contribution is 2.26. The number of nitrogens with zero attached hydrogens (tertiary/aromatic N) is 4. The normalized spacial score (nSPS) is 14.7. The Morgan fingerprint density at radius 1 is 1.11 bits per heavy atom. The van der Waals surface area contributed by atoms with Crippen LogP contribution in [0.4, 0.5) is 21.7 Å². The SMILES string of the molecule is CC(C)(O)c1cccc(-n2cc(F)c3cnc(Nc4ccc(NC(=O)C5CCOCC5)cc4)nc32)n1. The lowest BCUT2D eigenvalue weighted by Crippen LogP contribution is -2.28. The maximum atomic E-state index is 14.6. The molecule has 1 aromatic carbocycles. The smallest absolute Gasteiger partial charge is 0.229 e. The Hall–Kier alpha value is -3.89. The molecule has 0 bridgehead atoms. The number of pyridine rings is 1. The predicted octanol–water partition coefficient (Wildman–Crippen LogP) is 4.29. The van der Waals surface area contributed by atoms with Crippen LogP contribution in [0.1, 0.15) is 32.4 Å². The monoisotopic (exact) mass is 490 g/mol. The summed E-state index contributed by atoms with van der Waals surface area (Å²) >= 11 is 0. The minimum Gasteiger partial charge on any atom is -0.384 e. The van der Waals surface area contributed by atoms with Crippen molar-refractivity contribution in [2.24, 2.45) is 5.92 Å². The summed E-state index contributed by atoms with van der Waals surface area (Å²) in [5.74, 6) is 0.193. The molecule has 0 unspecified atom stereocenters. The molecule has 3 aromatic heterocycles. The number of carbonyl (C=O) groups excluding carboxylic acids is 1. The topological polar surface area (TPSA) is 114 Å². The van der Waals surface area contributed by atoms with E-state index < -0.39 is 11.4 Å². The summed E-state index contributed by atoms with van der Waals surface area (Å²) in [5, 5.41) is 16.6. The zero-order valence-corrected chi connectivity index (χ0v) is 20.0.